The molecule has 0 unspecified atom stereocenters. The Morgan fingerprint density at radius 3 is 1.32 bits per heavy atom. The van der Waals surface area contributed by atoms with Crippen LogP contribution in [0, 0.1) is 23.0 Å². The first kappa shape index (κ1) is 38.7. The third-order valence-electron chi connectivity index (χ3n) is 12.6. The molecule has 0 saturated carbocycles. The topological polar surface area (TPSA) is 59.4 Å². The van der Waals surface area contributed by atoms with Gasteiger partial charge in [-0.15, -0.1) is 0 Å². The summed E-state index contributed by atoms with van der Waals surface area (Å²) in [5.41, 5.74) is 14.0. The van der Waals surface area contributed by atoms with E-state index in [0.29, 0.717) is 5.56 Å². The van der Waals surface area contributed by atoms with E-state index in [0.717, 1.165) is 106 Å². The Morgan fingerprint density at radius 2 is 0.818 bits per heavy atom. The van der Waals surface area contributed by atoms with Crippen LogP contribution >= 0.6 is 0 Å². The first-order valence-corrected chi connectivity index (χ1v) is 21.7. The zero-order valence-electron chi connectivity index (χ0n) is 35.2. The zero-order valence-corrected chi connectivity index (χ0v) is 35.2. The fraction of sp³-hybridized carbons (Fsp3) is 0. The zero-order chi connectivity index (χ0) is 44.3. The summed E-state index contributed by atoms with van der Waals surface area (Å²) >= 11 is 0. The predicted molar refractivity (Wildman–Crippen MR) is 263 cm³/mol. The molecule has 0 bridgehead atoms. The largest absolute Gasteiger partial charge is 0.307 e. The first-order chi connectivity index (χ1) is 32.5. The second-order valence-electron chi connectivity index (χ2n) is 16.4. The Labute approximate surface area is 378 Å². The van der Waals surface area contributed by atoms with Crippen molar-refractivity contribution in [2.45, 2.75) is 0 Å². The van der Waals surface area contributed by atoms with Crippen LogP contribution in [0.3, 0.4) is 0 Å². The Kier molecular flexibility index (Phi) is 9.18. The lowest BCUT2D eigenvalue weighted by atomic mass is 9.97. The van der Waals surface area contributed by atoms with Crippen LogP contribution in [-0.4, -0.2) is 19.1 Å². The van der Waals surface area contributed by atoms with Gasteiger partial charge in [0.05, 0.1) is 56.5 Å². The van der Waals surface area contributed by atoms with Gasteiger partial charge in [-0.1, -0.05) is 121 Å². The maximum atomic E-state index is 15.0. The molecule has 66 heavy (non-hydrogen) atoms. The fourth-order valence-corrected chi connectivity index (χ4v) is 9.70. The predicted octanol–water partition coefficient (Wildman–Crippen LogP) is 15.2. The van der Waals surface area contributed by atoms with Crippen molar-refractivity contribution in [1.82, 2.24) is 19.1 Å². The van der Waals surface area contributed by atoms with Gasteiger partial charge in [0.25, 0.3) is 0 Å². The molecule has 4 aromatic heterocycles. The highest BCUT2D eigenvalue weighted by Crippen LogP contribution is 2.43. The van der Waals surface area contributed by atoms with Crippen molar-refractivity contribution in [2.24, 2.45) is 0 Å². The molecule has 310 valence electrons. The number of benzene rings is 8. The molecule has 4 heterocycles. The van der Waals surface area contributed by atoms with E-state index >= 15 is 8.78 Å². The number of rotatable bonds is 7. The van der Waals surface area contributed by atoms with Crippen molar-refractivity contribution in [2.75, 3.05) is 0 Å². The third kappa shape index (κ3) is 6.35. The van der Waals surface area contributed by atoms with Crippen molar-refractivity contribution in [1.29, 1.82) is 5.26 Å². The molecule has 0 fully saturated rings. The van der Waals surface area contributed by atoms with Gasteiger partial charge in [-0.25, -0.2) is 8.78 Å². The summed E-state index contributed by atoms with van der Waals surface area (Å²) < 4.78 is 34.5. The van der Waals surface area contributed by atoms with Gasteiger partial charge >= 0.3 is 0 Å². The van der Waals surface area contributed by atoms with Gasteiger partial charge in [0.15, 0.2) is 0 Å². The summed E-state index contributed by atoms with van der Waals surface area (Å²) in [6.45, 7) is 0. The number of pyridine rings is 2. The summed E-state index contributed by atoms with van der Waals surface area (Å²) in [7, 11) is 0. The second kappa shape index (κ2) is 15.7. The number of nitriles is 1. The number of fused-ring (bicyclic) bond motifs is 6. The van der Waals surface area contributed by atoms with Gasteiger partial charge in [0, 0.05) is 67.8 Å². The quantitative estimate of drug-likeness (QED) is 0.160. The summed E-state index contributed by atoms with van der Waals surface area (Å²) in [5.74, 6) is -1.45. The molecule has 0 saturated heterocycles. The Bertz CT molecular complexity index is 3900. The number of hydrogen-bond acceptors (Lipinski definition) is 3. The fourth-order valence-electron chi connectivity index (χ4n) is 9.70. The molecule has 0 aliphatic rings. The first-order valence-electron chi connectivity index (χ1n) is 21.7. The highest BCUT2D eigenvalue weighted by molar-refractivity contribution is 6.13. The molecule has 0 aliphatic heterocycles. The maximum absolute atomic E-state index is 15.0. The van der Waals surface area contributed by atoms with E-state index in [9.17, 15) is 5.26 Å². The maximum Gasteiger partial charge on any atom is 0.126 e. The molecular formula is C59H35F2N5. The average Bonchev–Trinajstić information content (AvgIpc) is 3.88. The highest BCUT2D eigenvalue weighted by atomic mass is 19.1. The van der Waals surface area contributed by atoms with Crippen molar-refractivity contribution < 1.29 is 8.78 Å². The van der Waals surface area contributed by atoms with Gasteiger partial charge in [0.1, 0.15) is 11.6 Å². The normalized spacial score (nSPS) is 11.5. The summed E-state index contributed by atoms with van der Waals surface area (Å²) in [6, 6.07) is 67.6. The number of nitrogens with zero attached hydrogens (tertiary/aromatic N) is 5. The van der Waals surface area contributed by atoms with Crippen LogP contribution in [0.5, 0.6) is 0 Å². The smallest absolute Gasteiger partial charge is 0.126 e. The molecule has 0 radical (unpaired) electrons. The SMILES string of the molecule is N#Cc1cc(-n2c3ccccc3c3cc(-c4cccnc4-c4ccccc4)ccc32)c(-n2c3ccccc3c3cc(-c4cccnc4-c4ccccc4)ccc32)cc1-c1cc(F)cc(F)c1. The van der Waals surface area contributed by atoms with Gasteiger partial charge in [-0.2, -0.15) is 5.26 Å². The minimum atomic E-state index is -0.726. The molecule has 12 rings (SSSR count). The van der Waals surface area contributed by atoms with E-state index in [4.69, 9.17) is 9.97 Å². The van der Waals surface area contributed by atoms with E-state index in [2.05, 4.69) is 112 Å². The number of aromatic nitrogens is 4. The monoisotopic (exact) mass is 851 g/mol. The second-order valence-corrected chi connectivity index (χ2v) is 16.4. The molecule has 0 spiro atoms. The molecule has 7 heteroatoms. The van der Waals surface area contributed by atoms with Crippen LogP contribution in [0.1, 0.15) is 5.56 Å². The standard InChI is InChI=1S/C59H35F2N5/c60-43-29-41(30-44(61)34-43)49-35-57(66-53-22-10-8-18-48(53)51-32-40(24-26-55(51)66)46-20-12-28-64-59(46)38-15-5-2-6-16-38)56(33-42(49)36-62)65-52-21-9-7-17-47(52)50-31-39(23-25-54(50)65)45-19-11-27-63-58(45)37-13-3-1-4-14-37/h1-35H. The van der Waals surface area contributed by atoms with E-state index in [1.165, 1.54) is 12.1 Å². The third-order valence-corrected chi connectivity index (χ3v) is 12.6. The molecule has 5 nitrogen and oxygen atoms in total. The molecule has 0 amide bonds. The van der Waals surface area contributed by atoms with Gasteiger partial charge < -0.3 is 9.13 Å². The lowest BCUT2D eigenvalue weighted by molar-refractivity contribution is 0.584. The van der Waals surface area contributed by atoms with Crippen molar-refractivity contribution >= 4 is 43.6 Å². The van der Waals surface area contributed by atoms with Crippen molar-refractivity contribution in [3.8, 4) is 73.3 Å². The number of halogens is 2. The lowest BCUT2D eigenvalue weighted by Crippen LogP contribution is -2.05. The van der Waals surface area contributed by atoms with E-state index in [-0.39, 0.29) is 11.1 Å². The van der Waals surface area contributed by atoms with Gasteiger partial charge in [0.2, 0.25) is 0 Å². The minimum Gasteiger partial charge on any atom is -0.307 e. The molecular weight excluding hydrogens is 817 g/mol. The van der Waals surface area contributed by atoms with E-state index in [1.807, 2.05) is 97.3 Å². The molecule has 8 aromatic carbocycles. The summed E-state index contributed by atoms with van der Waals surface area (Å²) in [4.78, 5) is 9.65. The van der Waals surface area contributed by atoms with E-state index < -0.39 is 11.6 Å². The van der Waals surface area contributed by atoms with E-state index in [1.54, 1.807) is 0 Å². The van der Waals surface area contributed by atoms with Crippen molar-refractivity contribution in [3.05, 3.63) is 230 Å². The van der Waals surface area contributed by atoms with Gasteiger partial charge in [-0.3, -0.25) is 9.97 Å². The van der Waals surface area contributed by atoms with Crippen LogP contribution < -0.4 is 0 Å². The summed E-state index contributed by atoms with van der Waals surface area (Å²) in [6.07, 6.45) is 3.64. The highest BCUT2D eigenvalue weighted by Gasteiger charge is 2.24. The summed E-state index contributed by atoms with van der Waals surface area (Å²) in [5, 5.41) is 15.0. The minimum absolute atomic E-state index is 0.266. The number of hydrogen-bond donors (Lipinski definition) is 0. The van der Waals surface area contributed by atoms with Crippen LogP contribution in [0.4, 0.5) is 8.78 Å². The molecule has 0 atom stereocenters. The van der Waals surface area contributed by atoms with Crippen LogP contribution in [0.15, 0.2) is 213 Å². The average molecular weight is 852 g/mol. The Balaban J connectivity index is 1.14. The molecule has 0 aliphatic carbocycles. The van der Waals surface area contributed by atoms with Crippen LogP contribution in [0.2, 0.25) is 0 Å². The van der Waals surface area contributed by atoms with Crippen molar-refractivity contribution in [3.63, 3.8) is 0 Å². The van der Waals surface area contributed by atoms with Crippen LogP contribution in [0.25, 0.3) is 111 Å². The Hall–Kier alpha value is -8.99. The molecule has 0 N–H and O–H groups in total. The van der Waals surface area contributed by atoms with Gasteiger partial charge in [-0.05, 0) is 89.5 Å². The number of para-hydroxylation sites is 2. The lowest BCUT2D eigenvalue weighted by Gasteiger charge is -2.20. The van der Waals surface area contributed by atoms with Crippen LogP contribution in [-0.2, 0) is 0 Å². The Morgan fingerprint density at radius 1 is 0.364 bits per heavy atom. The molecule has 12 aromatic rings.